The molecule has 5 nitrogen and oxygen atoms in total. The number of rotatable bonds is 9. The van der Waals surface area contributed by atoms with Gasteiger partial charge < -0.3 is 14.8 Å². The van der Waals surface area contributed by atoms with Gasteiger partial charge in [0.15, 0.2) is 5.11 Å². The molecule has 0 aliphatic rings. The van der Waals surface area contributed by atoms with Crippen molar-refractivity contribution in [2.75, 3.05) is 18.5 Å². The number of para-hydroxylation sites is 1. The molecule has 0 bridgehead atoms. The van der Waals surface area contributed by atoms with E-state index in [1.807, 2.05) is 55.5 Å². The van der Waals surface area contributed by atoms with Crippen molar-refractivity contribution in [3.8, 4) is 11.5 Å². The van der Waals surface area contributed by atoms with Crippen molar-refractivity contribution in [2.45, 2.75) is 19.8 Å². The van der Waals surface area contributed by atoms with Crippen LogP contribution in [0, 0.1) is 0 Å². The smallest absolute Gasteiger partial charge is 0.261 e. The van der Waals surface area contributed by atoms with E-state index >= 15 is 0 Å². The third-order valence-electron chi connectivity index (χ3n) is 4.47. The van der Waals surface area contributed by atoms with Crippen LogP contribution >= 0.6 is 12.2 Å². The lowest BCUT2D eigenvalue weighted by Crippen LogP contribution is -2.34. The van der Waals surface area contributed by atoms with E-state index in [-0.39, 0.29) is 11.0 Å². The Bertz CT molecular complexity index is 1010. The number of hydrogen-bond acceptors (Lipinski definition) is 4. The van der Waals surface area contributed by atoms with E-state index in [0.717, 1.165) is 24.3 Å². The quantitative estimate of drug-likeness (QED) is 0.357. The zero-order valence-corrected chi connectivity index (χ0v) is 18.3. The number of hydrogen-bond donors (Lipinski definition) is 2. The molecular weight excluding hydrogens is 408 g/mol. The molecule has 3 aromatic carbocycles. The maximum Gasteiger partial charge on any atom is 0.261 e. The van der Waals surface area contributed by atoms with Gasteiger partial charge in [-0.2, -0.15) is 0 Å². The fourth-order valence-electron chi connectivity index (χ4n) is 3.04. The number of aryl methyl sites for hydroxylation is 1. The summed E-state index contributed by atoms with van der Waals surface area (Å²) in [6.45, 7) is 2.97. The summed E-state index contributed by atoms with van der Waals surface area (Å²) < 4.78 is 11.4. The van der Waals surface area contributed by atoms with Crippen molar-refractivity contribution in [2.24, 2.45) is 0 Å². The van der Waals surface area contributed by atoms with Crippen LogP contribution in [-0.4, -0.2) is 24.2 Å². The summed E-state index contributed by atoms with van der Waals surface area (Å²) in [4.78, 5) is 12.6. The molecule has 160 valence electrons. The van der Waals surface area contributed by atoms with E-state index in [1.54, 1.807) is 18.2 Å². The second-order valence-corrected chi connectivity index (χ2v) is 7.21. The second kappa shape index (κ2) is 11.7. The monoisotopic (exact) mass is 434 g/mol. The minimum Gasteiger partial charge on any atom is -0.494 e. The lowest BCUT2D eigenvalue weighted by atomic mass is 10.1. The molecule has 0 fully saturated rings. The van der Waals surface area contributed by atoms with Gasteiger partial charge in [0.1, 0.15) is 11.5 Å². The van der Waals surface area contributed by atoms with Crippen LogP contribution in [-0.2, 0) is 6.42 Å². The van der Waals surface area contributed by atoms with E-state index in [1.165, 1.54) is 5.56 Å². The van der Waals surface area contributed by atoms with Crippen LogP contribution in [0.25, 0.3) is 0 Å². The Morgan fingerprint density at radius 3 is 2.52 bits per heavy atom. The highest BCUT2D eigenvalue weighted by Crippen LogP contribution is 2.19. The highest BCUT2D eigenvalue weighted by atomic mass is 32.1. The average Bonchev–Trinajstić information content (AvgIpc) is 2.78. The number of anilines is 1. The summed E-state index contributed by atoms with van der Waals surface area (Å²) in [5, 5.41) is 5.93. The Labute approximate surface area is 188 Å². The Morgan fingerprint density at radius 2 is 1.71 bits per heavy atom. The minimum absolute atomic E-state index is 0.206. The number of ether oxygens (including phenoxy) is 2. The van der Waals surface area contributed by atoms with E-state index < -0.39 is 0 Å². The Hall–Kier alpha value is -3.38. The molecule has 0 aromatic heterocycles. The normalized spacial score (nSPS) is 10.2. The van der Waals surface area contributed by atoms with Crippen molar-refractivity contribution < 1.29 is 14.3 Å². The zero-order valence-electron chi connectivity index (χ0n) is 17.5. The number of nitrogens with one attached hydrogen (secondary N) is 2. The molecule has 0 unspecified atom stereocenters. The lowest BCUT2D eigenvalue weighted by Gasteiger charge is -2.13. The van der Waals surface area contributed by atoms with Crippen molar-refractivity contribution in [1.29, 1.82) is 0 Å². The first-order valence-corrected chi connectivity index (χ1v) is 10.7. The van der Waals surface area contributed by atoms with E-state index in [2.05, 4.69) is 22.8 Å². The molecule has 0 radical (unpaired) electrons. The molecule has 6 heteroatoms. The molecule has 0 spiro atoms. The van der Waals surface area contributed by atoms with Crippen molar-refractivity contribution >= 4 is 28.9 Å². The number of amides is 1. The van der Waals surface area contributed by atoms with Gasteiger partial charge in [0, 0.05) is 11.8 Å². The van der Waals surface area contributed by atoms with Gasteiger partial charge in [-0.15, -0.1) is 0 Å². The van der Waals surface area contributed by atoms with Crippen molar-refractivity contribution in [3.63, 3.8) is 0 Å². The maximum absolute atomic E-state index is 12.6. The summed E-state index contributed by atoms with van der Waals surface area (Å²) in [7, 11) is 0. The molecule has 3 aromatic rings. The van der Waals surface area contributed by atoms with Gasteiger partial charge >= 0.3 is 0 Å². The van der Waals surface area contributed by atoms with Crippen LogP contribution in [0.15, 0.2) is 78.9 Å². The summed E-state index contributed by atoms with van der Waals surface area (Å²) in [6.07, 6.45) is 1.90. The first-order chi connectivity index (χ1) is 15.2. The molecule has 3 rings (SSSR count). The standard InChI is InChI=1S/C25H26N2O3S/c1-2-29-23-16-7-6-15-22(23)24(28)27-25(31)26-20-13-8-14-21(18-20)30-17-9-12-19-10-4-3-5-11-19/h3-8,10-11,13-16,18H,2,9,12,17H2,1H3,(H2,26,27,28,31). The zero-order chi connectivity index (χ0) is 21.9. The number of benzene rings is 3. The second-order valence-electron chi connectivity index (χ2n) is 6.80. The van der Waals surface area contributed by atoms with Crippen molar-refractivity contribution in [3.05, 3.63) is 90.0 Å². The highest BCUT2D eigenvalue weighted by molar-refractivity contribution is 7.80. The van der Waals surface area contributed by atoms with Crippen LogP contribution < -0.4 is 20.1 Å². The van der Waals surface area contributed by atoms with Crippen molar-refractivity contribution in [1.82, 2.24) is 5.32 Å². The maximum atomic E-state index is 12.6. The van der Waals surface area contributed by atoms with Crippen LogP contribution in [0.4, 0.5) is 5.69 Å². The Balaban J connectivity index is 1.49. The van der Waals surface area contributed by atoms with Crippen LogP contribution in [0.3, 0.4) is 0 Å². The molecule has 0 aliphatic heterocycles. The summed E-state index contributed by atoms with van der Waals surface area (Å²) in [5.41, 5.74) is 2.47. The van der Waals surface area contributed by atoms with Gasteiger partial charge in [-0.1, -0.05) is 48.5 Å². The van der Waals surface area contributed by atoms with Gasteiger partial charge in [0.05, 0.1) is 18.8 Å². The van der Waals surface area contributed by atoms with E-state index in [9.17, 15) is 4.79 Å². The number of thiocarbonyl (C=S) groups is 1. The molecular formula is C25H26N2O3S. The minimum atomic E-state index is -0.324. The summed E-state index contributed by atoms with van der Waals surface area (Å²) in [6, 6.07) is 24.9. The van der Waals surface area contributed by atoms with E-state index in [4.69, 9.17) is 21.7 Å². The van der Waals surface area contributed by atoms with Crippen LogP contribution in [0.2, 0.25) is 0 Å². The third-order valence-corrected chi connectivity index (χ3v) is 4.68. The largest absolute Gasteiger partial charge is 0.494 e. The van der Waals surface area contributed by atoms with Gasteiger partial charge in [-0.25, -0.2) is 0 Å². The number of carbonyl (C=O) groups excluding carboxylic acids is 1. The molecule has 1 amide bonds. The highest BCUT2D eigenvalue weighted by Gasteiger charge is 2.13. The fourth-order valence-corrected chi connectivity index (χ4v) is 3.25. The fraction of sp³-hybridized carbons (Fsp3) is 0.200. The average molecular weight is 435 g/mol. The van der Waals surface area contributed by atoms with Crippen LogP contribution in [0.5, 0.6) is 11.5 Å². The van der Waals surface area contributed by atoms with Gasteiger partial charge in [0.25, 0.3) is 5.91 Å². The Kier molecular flexibility index (Phi) is 8.43. The first-order valence-electron chi connectivity index (χ1n) is 10.3. The van der Waals surface area contributed by atoms with Gasteiger partial charge in [-0.3, -0.25) is 10.1 Å². The molecule has 0 saturated heterocycles. The molecule has 2 N–H and O–H groups in total. The van der Waals surface area contributed by atoms with E-state index in [0.29, 0.717) is 24.5 Å². The topological polar surface area (TPSA) is 59.6 Å². The first kappa shape index (κ1) is 22.3. The van der Waals surface area contributed by atoms with Crippen LogP contribution in [0.1, 0.15) is 29.3 Å². The lowest BCUT2D eigenvalue weighted by molar-refractivity contribution is 0.0974. The summed E-state index contributed by atoms with van der Waals surface area (Å²) >= 11 is 5.30. The number of carbonyl (C=O) groups is 1. The van der Waals surface area contributed by atoms with Gasteiger partial charge in [-0.05, 0) is 61.8 Å². The molecule has 0 aliphatic carbocycles. The molecule has 0 heterocycles. The SMILES string of the molecule is CCOc1ccccc1C(=O)NC(=S)Nc1cccc(OCCCc2ccccc2)c1. The molecule has 0 saturated carbocycles. The Morgan fingerprint density at radius 1 is 0.935 bits per heavy atom. The molecule has 0 atom stereocenters. The third kappa shape index (κ3) is 7.12. The predicted octanol–water partition coefficient (Wildman–Crippen LogP) is 5.22. The molecule has 31 heavy (non-hydrogen) atoms. The van der Waals surface area contributed by atoms with Gasteiger partial charge in [0.2, 0.25) is 0 Å². The summed E-state index contributed by atoms with van der Waals surface area (Å²) in [5.74, 6) is 0.944. The predicted molar refractivity (Wildman–Crippen MR) is 128 cm³/mol.